The Balaban J connectivity index is 1.93. The monoisotopic (exact) mass is 445 g/mol. The van der Waals surface area contributed by atoms with E-state index in [4.69, 9.17) is 27.9 Å². The van der Waals surface area contributed by atoms with Gasteiger partial charge in [0.25, 0.3) is 11.8 Å². The van der Waals surface area contributed by atoms with E-state index in [2.05, 4.69) is 10.9 Å². The van der Waals surface area contributed by atoms with Gasteiger partial charge in [0, 0.05) is 25.7 Å². The molecule has 0 bridgehead atoms. The molecule has 150 valence electrons. The molecule has 28 heavy (non-hydrogen) atoms. The van der Waals surface area contributed by atoms with Gasteiger partial charge in [-0.2, -0.15) is 0 Å². The lowest BCUT2D eigenvalue weighted by Crippen LogP contribution is -2.43. The average molecular weight is 446 g/mol. The molecular weight excluding hydrogens is 429 g/mol. The maximum Gasteiger partial charge on any atom is 0.276 e. The summed E-state index contributed by atoms with van der Waals surface area (Å²) in [6.45, 7) is -0.382. The van der Waals surface area contributed by atoms with Gasteiger partial charge < -0.3 is 4.74 Å². The van der Waals surface area contributed by atoms with Crippen LogP contribution in [-0.2, 0) is 14.8 Å². The molecule has 8 nitrogen and oxygen atoms in total. The molecule has 2 aromatic carbocycles. The molecular formula is C17H17Cl2N3O5S. The third-order valence-corrected chi connectivity index (χ3v) is 6.00. The van der Waals surface area contributed by atoms with Gasteiger partial charge in [-0.3, -0.25) is 20.4 Å². The zero-order valence-corrected chi connectivity index (χ0v) is 17.2. The number of hydrogen-bond donors (Lipinski definition) is 2. The van der Waals surface area contributed by atoms with Gasteiger partial charge in [-0.05, 0) is 30.3 Å². The highest BCUT2D eigenvalue weighted by Crippen LogP contribution is 2.26. The molecule has 2 aromatic rings. The van der Waals surface area contributed by atoms with E-state index in [0.29, 0.717) is 10.8 Å². The molecule has 0 saturated carbocycles. The first-order chi connectivity index (χ1) is 13.1. The van der Waals surface area contributed by atoms with Gasteiger partial charge in [0.05, 0.1) is 14.9 Å². The number of carbonyl (C=O) groups is 2. The molecule has 0 aliphatic carbocycles. The summed E-state index contributed by atoms with van der Waals surface area (Å²) in [6.07, 6.45) is 0. The summed E-state index contributed by atoms with van der Waals surface area (Å²) in [5.41, 5.74) is 4.43. The van der Waals surface area contributed by atoms with Crippen LogP contribution in [0.2, 0.25) is 10.0 Å². The number of hydrazine groups is 1. The second kappa shape index (κ2) is 9.24. The van der Waals surface area contributed by atoms with E-state index in [1.165, 1.54) is 56.6 Å². The van der Waals surface area contributed by atoms with E-state index in [0.717, 1.165) is 4.31 Å². The van der Waals surface area contributed by atoms with Crippen molar-refractivity contribution in [3.63, 3.8) is 0 Å². The van der Waals surface area contributed by atoms with Gasteiger partial charge in [0.2, 0.25) is 10.0 Å². The third-order valence-electron chi connectivity index (χ3n) is 3.45. The fourth-order valence-electron chi connectivity index (χ4n) is 1.96. The molecule has 2 rings (SSSR count). The van der Waals surface area contributed by atoms with Crippen LogP contribution in [0.25, 0.3) is 0 Å². The first-order valence-corrected chi connectivity index (χ1v) is 10.0. The first kappa shape index (κ1) is 22.0. The van der Waals surface area contributed by atoms with Crippen molar-refractivity contribution in [2.24, 2.45) is 0 Å². The largest absolute Gasteiger partial charge is 0.484 e. The lowest BCUT2D eigenvalue weighted by Gasteiger charge is -2.12. The Morgan fingerprint density at radius 1 is 1.04 bits per heavy atom. The molecule has 0 atom stereocenters. The van der Waals surface area contributed by atoms with Crippen LogP contribution < -0.4 is 15.6 Å². The van der Waals surface area contributed by atoms with Crippen LogP contribution in [-0.4, -0.2) is 45.2 Å². The van der Waals surface area contributed by atoms with Gasteiger partial charge in [-0.15, -0.1) is 0 Å². The Morgan fingerprint density at radius 2 is 1.75 bits per heavy atom. The number of amides is 2. The minimum atomic E-state index is -3.68. The van der Waals surface area contributed by atoms with E-state index in [9.17, 15) is 18.0 Å². The normalized spacial score (nSPS) is 11.2. The number of halogens is 2. The smallest absolute Gasteiger partial charge is 0.276 e. The molecule has 11 heteroatoms. The Hall–Kier alpha value is -2.33. The van der Waals surface area contributed by atoms with Crippen molar-refractivity contribution in [2.75, 3.05) is 20.7 Å². The Bertz CT molecular complexity index is 996. The van der Waals surface area contributed by atoms with E-state index < -0.39 is 21.8 Å². The standard InChI is InChI=1S/C17H17Cl2N3O5S/c1-22(2)28(25,26)13-5-3-4-11(8-13)17(24)21-20-16(23)10-27-12-6-7-14(18)15(19)9-12/h3-9H,10H2,1-2H3,(H,20,23)(H,21,24). The molecule has 2 amide bonds. The van der Waals surface area contributed by atoms with E-state index in [1.807, 2.05) is 0 Å². The number of carbonyl (C=O) groups excluding carboxylic acids is 2. The zero-order valence-electron chi connectivity index (χ0n) is 14.9. The van der Waals surface area contributed by atoms with Crippen LogP contribution in [0.15, 0.2) is 47.4 Å². The van der Waals surface area contributed by atoms with E-state index >= 15 is 0 Å². The summed E-state index contributed by atoms with van der Waals surface area (Å²) in [4.78, 5) is 23.9. The number of rotatable bonds is 6. The molecule has 0 aromatic heterocycles. The zero-order chi connectivity index (χ0) is 20.9. The molecule has 0 radical (unpaired) electrons. The molecule has 0 unspecified atom stereocenters. The molecule has 0 saturated heterocycles. The predicted octanol–water partition coefficient (Wildman–Crippen LogP) is 2.08. The second-order valence-corrected chi connectivity index (χ2v) is 8.65. The summed E-state index contributed by atoms with van der Waals surface area (Å²) in [6, 6.07) is 9.94. The summed E-state index contributed by atoms with van der Waals surface area (Å²) in [5.74, 6) is -0.979. The SMILES string of the molecule is CN(C)S(=O)(=O)c1cccc(C(=O)NNC(=O)COc2ccc(Cl)c(Cl)c2)c1. The van der Waals surface area contributed by atoms with Crippen molar-refractivity contribution in [1.29, 1.82) is 0 Å². The average Bonchev–Trinajstić information content (AvgIpc) is 2.67. The Morgan fingerprint density at radius 3 is 2.39 bits per heavy atom. The molecule has 0 fully saturated rings. The topological polar surface area (TPSA) is 105 Å². The van der Waals surface area contributed by atoms with Crippen molar-refractivity contribution in [3.05, 3.63) is 58.1 Å². The van der Waals surface area contributed by atoms with Gasteiger partial charge in [0.1, 0.15) is 5.75 Å². The van der Waals surface area contributed by atoms with Crippen molar-refractivity contribution in [1.82, 2.24) is 15.2 Å². The lowest BCUT2D eigenvalue weighted by molar-refractivity contribution is -0.123. The van der Waals surface area contributed by atoms with Crippen LogP contribution >= 0.6 is 23.2 Å². The number of benzene rings is 2. The van der Waals surface area contributed by atoms with Gasteiger partial charge >= 0.3 is 0 Å². The fraction of sp³-hybridized carbons (Fsp3) is 0.176. The quantitative estimate of drug-likeness (QED) is 0.662. The molecule has 0 aliphatic rings. The second-order valence-electron chi connectivity index (χ2n) is 5.68. The highest BCUT2D eigenvalue weighted by molar-refractivity contribution is 7.89. The van der Waals surface area contributed by atoms with Crippen LogP contribution in [0.1, 0.15) is 10.4 Å². The number of sulfonamides is 1. The fourth-order valence-corrected chi connectivity index (χ4v) is 3.20. The lowest BCUT2D eigenvalue weighted by atomic mass is 10.2. The summed E-state index contributed by atoms with van der Waals surface area (Å²) in [7, 11) is -0.914. The number of hydrogen-bond acceptors (Lipinski definition) is 5. The van der Waals surface area contributed by atoms with Crippen LogP contribution in [0.3, 0.4) is 0 Å². The van der Waals surface area contributed by atoms with E-state index in [-0.39, 0.29) is 22.1 Å². The van der Waals surface area contributed by atoms with Crippen LogP contribution in [0, 0.1) is 0 Å². The molecule has 0 heterocycles. The number of nitrogens with zero attached hydrogens (tertiary/aromatic N) is 1. The predicted molar refractivity (Wildman–Crippen MR) is 105 cm³/mol. The Labute approximate surface area is 172 Å². The third kappa shape index (κ3) is 5.59. The summed E-state index contributed by atoms with van der Waals surface area (Å²) < 4.78 is 30.5. The van der Waals surface area contributed by atoms with Crippen molar-refractivity contribution in [3.8, 4) is 5.75 Å². The highest BCUT2D eigenvalue weighted by atomic mass is 35.5. The Kier molecular flexibility index (Phi) is 7.25. The maximum atomic E-state index is 12.1. The summed E-state index contributed by atoms with van der Waals surface area (Å²) >= 11 is 11.6. The molecule has 0 spiro atoms. The minimum absolute atomic E-state index is 0.0422. The van der Waals surface area contributed by atoms with Crippen molar-refractivity contribution < 1.29 is 22.7 Å². The van der Waals surface area contributed by atoms with Gasteiger partial charge in [-0.25, -0.2) is 12.7 Å². The summed E-state index contributed by atoms with van der Waals surface area (Å²) in [5, 5.41) is 0.629. The maximum absolute atomic E-state index is 12.1. The number of nitrogens with one attached hydrogen (secondary N) is 2. The molecule has 2 N–H and O–H groups in total. The van der Waals surface area contributed by atoms with Gasteiger partial charge in [-0.1, -0.05) is 29.3 Å². The first-order valence-electron chi connectivity index (χ1n) is 7.81. The minimum Gasteiger partial charge on any atom is -0.484 e. The van der Waals surface area contributed by atoms with Crippen molar-refractivity contribution >= 4 is 45.0 Å². The van der Waals surface area contributed by atoms with E-state index in [1.54, 1.807) is 0 Å². The van der Waals surface area contributed by atoms with Crippen LogP contribution in [0.5, 0.6) is 5.75 Å². The molecule has 0 aliphatic heterocycles. The van der Waals surface area contributed by atoms with Crippen LogP contribution in [0.4, 0.5) is 0 Å². The van der Waals surface area contributed by atoms with Crippen molar-refractivity contribution in [2.45, 2.75) is 4.90 Å². The highest BCUT2D eigenvalue weighted by Gasteiger charge is 2.19. The number of ether oxygens (including phenoxy) is 1. The van der Waals surface area contributed by atoms with Gasteiger partial charge in [0.15, 0.2) is 6.61 Å².